The third-order valence-corrected chi connectivity index (χ3v) is 3.97. The van der Waals surface area contributed by atoms with Crippen LogP contribution in [-0.4, -0.2) is 70.4 Å². The molecule has 19 heavy (non-hydrogen) atoms. The highest BCUT2D eigenvalue weighted by Crippen LogP contribution is 2.00. The molecule has 0 spiro atoms. The molecule has 8 heteroatoms. The third kappa shape index (κ3) is 17.0. The molecule has 0 amide bonds. The molecule has 2 nitrogen and oxygen atoms in total. The van der Waals surface area contributed by atoms with Gasteiger partial charge in [-0.2, -0.15) is 0 Å². The molecule has 0 saturated carbocycles. The predicted octanol–water partition coefficient (Wildman–Crippen LogP) is 4.72. The van der Waals surface area contributed by atoms with Gasteiger partial charge in [0.25, 0.3) is 0 Å². The lowest BCUT2D eigenvalue weighted by Crippen LogP contribution is -2.34. The second kappa shape index (κ2) is 20.8. The largest absolute Gasteiger partial charge is 0.302 e. The van der Waals surface area contributed by atoms with E-state index < -0.39 is 0 Å². The van der Waals surface area contributed by atoms with Crippen LogP contribution in [-0.2, 0) is 0 Å². The molecule has 0 saturated heterocycles. The number of hydrogen-bond donors (Lipinski definition) is 0. The zero-order chi connectivity index (χ0) is 12.9. The van der Waals surface area contributed by atoms with Gasteiger partial charge in [0, 0.05) is 47.5 Å². The summed E-state index contributed by atoms with van der Waals surface area (Å²) in [5, 5.41) is 4.25. The minimum Gasteiger partial charge on any atom is -0.302 e. The fraction of sp³-hybridized carbons (Fsp3) is 1.00. The van der Waals surface area contributed by atoms with Gasteiger partial charge in [0.15, 0.2) is 0 Å². The average molecular weight is 664 g/mol. The fourth-order valence-corrected chi connectivity index (χ4v) is 3.67. The molecular formula is C11H24Br6N2. The van der Waals surface area contributed by atoms with E-state index in [1.807, 2.05) is 0 Å². The van der Waals surface area contributed by atoms with Gasteiger partial charge in [-0.3, -0.25) is 0 Å². The van der Waals surface area contributed by atoms with Crippen molar-refractivity contribution in [1.29, 1.82) is 0 Å². The highest BCUT2D eigenvalue weighted by atomic mass is 79.9. The summed E-state index contributed by atoms with van der Waals surface area (Å²) in [6, 6.07) is 0. The predicted molar refractivity (Wildman–Crippen MR) is 113 cm³/mol. The van der Waals surface area contributed by atoms with Gasteiger partial charge in [0.2, 0.25) is 0 Å². The van der Waals surface area contributed by atoms with Crippen LogP contribution in [0.1, 0.15) is 6.42 Å². The summed E-state index contributed by atoms with van der Waals surface area (Å²) in [5.74, 6) is 0. The van der Waals surface area contributed by atoms with Crippen LogP contribution in [0.15, 0.2) is 0 Å². The van der Waals surface area contributed by atoms with Crippen molar-refractivity contribution < 1.29 is 0 Å². The monoisotopic (exact) mass is 658 g/mol. The van der Waals surface area contributed by atoms with Gasteiger partial charge in [-0.05, 0) is 19.5 Å². The molecule has 0 bridgehead atoms. The molecule has 0 heterocycles. The van der Waals surface area contributed by atoms with E-state index in [4.69, 9.17) is 0 Å². The van der Waals surface area contributed by atoms with E-state index >= 15 is 0 Å². The summed E-state index contributed by atoms with van der Waals surface area (Å²) in [5.41, 5.74) is 0. The Morgan fingerprint density at radius 3 is 0.947 bits per heavy atom. The Kier molecular flexibility index (Phi) is 29.2. The number of hydrogen-bond acceptors (Lipinski definition) is 2. The van der Waals surface area contributed by atoms with Crippen molar-refractivity contribution in [3.8, 4) is 0 Å². The van der Waals surface area contributed by atoms with Gasteiger partial charge in [-0.15, -0.1) is 34.0 Å². The molecule has 0 aliphatic heterocycles. The van der Waals surface area contributed by atoms with Crippen LogP contribution in [0.25, 0.3) is 0 Å². The molecule has 0 radical (unpaired) electrons. The summed E-state index contributed by atoms with van der Waals surface area (Å²) in [6.07, 6.45) is 1.25. The highest BCUT2D eigenvalue weighted by molar-refractivity contribution is 9.09. The Bertz CT molecular complexity index is 136. The number of nitrogens with zero attached hydrogens (tertiary/aromatic N) is 2. The maximum Gasteiger partial charge on any atom is 0.0159 e. The highest BCUT2D eigenvalue weighted by Gasteiger charge is 2.06. The van der Waals surface area contributed by atoms with Crippen molar-refractivity contribution in [3.63, 3.8) is 0 Å². The summed E-state index contributed by atoms with van der Waals surface area (Å²) in [6.45, 7) is 6.95. The van der Waals surface area contributed by atoms with Crippen LogP contribution in [0.3, 0.4) is 0 Å². The molecule has 0 aliphatic carbocycles. The lowest BCUT2D eigenvalue weighted by molar-refractivity contribution is 0.256. The zero-order valence-corrected chi connectivity index (χ0v) is 20.8. The van der Waals surface area contributed by atoms with Crippen molar-refractivity contribution >= 4 is 97.7 Å². The standard InChI is InChI=1S/C11H22Br4N2.2BrH/c12-2-8-16(9-3-13)6-1-7-17(10-4-14)11-5-15;;/h1-11H2;2*1H. The van der Waals surface area contributed by atoms with Gasteiger partial charge in [0.1, 0.15) is 0 Å². The Labute approximate surface area is 172 Å². The molecule has 0 aromatic heterocycles. The van der Waals surface area contributed by atoms with E-state index in [0.29, 0.717) is 0 Å². The van der Waals surface area contributed by atoms with Crippen molar-refractivity contribution in [1.82, 2.24) is 9.80 Å². The molecule has 0 atom stereocenters. The van der Waals surface area contributed by atoms with E-state index in [2.05, 4.69) is 73.5 Å². The van der Waals surface area contributed by atoms with Crippen LogP contribution in [0.5, 0.6) is 0 Å². The number of alkyl halides is 4. The molecule has 0 rings (SSSR count). The fourth-order valence-electron chi connectivity index (χ4n) is 1.67. The lowest BCUT2D eigenvalue weighted by atomic mass is 10.3. The van der Waals surface area contributed by atoms with Gasteiger partial charge < -0.3 is 9.80 Å². The maximum atomic E-state index is 3.51. The molecule has 0 fully saturated rings. The van der Waals surface area contributed by atoms with Gasteiger partial charge >= 0.3 is 0 Å². The van der Waals surface area contributed by atoms with Crippen LogP contribution in [0.4, 0.5) is 0 Å². The van der Waals surface area contributed by atoms with E-state index in [-0.39, 0.29) is 34.0 Å². The molecule has 0 N–H and O–H groups in total. The zero-order valence-electron chi connectivity index (χ0n) is 11.0. The quantitative estimate of drug-likeness (QED) is 0.279. The molecule has 120 valence electrons. The molecule has 0 aliphatic rings. The topological polar surface area (TPSA) is 6.48 Å². The summed E-state index contributed by atoms with van der Waals surface area (Å²) >= 11 is 14.0. The number of rotatable bonds is 12. The molecular weight excluding hydrogens is 640 g/mol. The second-order valence-corrected chi connectivity index (χ2v) is 6.96. The Hall–Kier alpha value is 2.80. The first-order chi connectivity index (χ1) is 8.28. The summed E-state index contributed by atoms with van der Waals surface area (Å²) in [4.78, 5) is 5.01. The Morgan fingerprint density at radius 1 is 0.474 bits per heavy atom. The minimum absolute atomic E-state index is 0. The normalized spacial score (nSPS) is 10.4. The summed E-state index contributed by atoms with van der Waals surface area (Å²) in [7, 11) is 0. The first kappa shape index (κ1) is 26.7. The molecule has 0 aromatic carbocycles. The maximum absolute atomic E-state index is 3.51. The van der Waals surface area contributed by atoms with Crippen LogP contribution >= 0.6 is 97.7 Å². The van der Waals surface area contributed by atoms with Gasteiger partial charge in [-0.1, -0.05) is 63.7 Å². The van der Waals surface area contributed by atoms with Crippen LogP contribution in [0, 0.1) is 0 Å². The van der Waals surface area contributed by atoms with Gasteiger partial charge in [0.05, 0.1) is 0 Å². The van der Waals surface area contributed by atoms with Crippen molar-refractivity contribution in [2.75, 3.05) is 60.6 Å². The Balaban J connectivity index is -0.00000128. The SMILES string of the molecule is Br.Br.BrCCN(CCBr)CCCN(CCBr)CCBr. The van der Waals surface area contributed by atoms with E-state index in [9.17, 15) is 0 Å². The second-order valence-electron chi connectivity index (χ2n) is 3.79. The van der Waals surface area contributed by atoms with Crippen molar-refractivity contribution in [2.24, 2.45) is 0 Å². The minimum atomic E-state index is 0. The lowest BCUT2D eigenvalue weighted by Gasteiger charge is -2.24. The number of halogens is 6. The van der Waals surface area contributed by atoms with E-state index in [1.54, 1.807) is 0 Å². The Morgan fingerprint density at radius 2 is 0.737 bits per heavy atom. The van der Waals surface area contributed by atoms with Crippen LogP contribution < -0.4 is 0 Å². The average Bonchev–Trinajstić information content (AvgIpc) is 2.30. The first-order valence-electron chi connectivity index (χ1n) is 5.97. The molecule has 0 unspecified atom stereocenters. The third-order valence-electron chi connectivity index (χ3n) is 2.55. The van der Waals surface area contributed by atoms with Gasteiger partial charge in [-0.25, -0.2) is 0 Å². The van der Waals surface area contributed by atoms with Crippen molar-refractivity contribution in [2.45, 2.75) is 6.42 Å². The first-order valence-corrected chi connectivity index (χ1v) is 10.5. The van der Waals surface area contributed by atoms with E-state index in [1.165, 1.54) is 19.5 Å². The smallest absolute Gasteiger partial charge is 0.0159 e. The van der Waals surface area contributed by atoms with Crippen LogP contribution in [0.2, 0.25) is 0 Å². The van der Waals surface area contributed by atoms with Crippen molar-refractivity contribution in [3.05, 3.63) is 0 Å². The summed E-state index contributed by atoms with van der Waals surface area (Å²) < 4.78 is 0. The van der Waals surface area contributed by atoms with E-state index in [0.717, 1.165) is 47.5 Å². The molecule has 0 aromatic rings.